The molecule has 0 aromatic heterocycles. The van der Waals surface area contributed by atoms with Gasteiger partial charge < -0.3 is 19.6 Å². The summed E-state index contributed by atoms with van der Waals surface area (Å²) < 4.78 is 61.7. The molecule has 6 atom stereocenters. The number of carboxylic acid groups (broad SMARTS) is 1. The van der Waals surface area contributed by atoms with E-state index in [0.717, 1.165) is 31.6 Å². The van der Waals surface area contributed by atoms with Gasteiger partial charge in [-0.3, -0.25) is 14.5 Å². The van der Waals surface area contributed by atoms with Crippen LogP contribution in [0.4, 0.5) is 17.6 Å². The van der Waals surface area contributed by atoms with Crippen LogP contribution < -0.4 is 0 Å². The van der Waals surface area contributed by atoms with E-state index in [1.807, 2.05) is 11.0 Å². The first kappa shape index (κ1) is 33.1. The van der Waals surface area contributed by atoms with Gasteiger partial charge in [0.2, 0.25) is 5.91 Å². The fraction of sp³-hybridized carbons (Fsp3) is 0.714. The molecular formula is C35H47F4N3O4. The molecule has 6 rings (SSSR count). The Kier molecular flexibility index (Phi) is 9.88. The molecule has 254 valence electrons. The molecule has 0 aromatic carbocycles. The molecule has 6 aliphatic rings. The zero-order valence-electron chi connectivity index (χ0n) is 26.6. The van der Waals surface area contributed by atoms with E-state index in [-0.39, 0.29) is 41.9 Å². The molecule has 11 heteroatoms. The third-order valence-corrected chi connectivity index (χ3v) is 11.7. The Balaban J connectivity index is 1.21. The van der Waals surface area contributed by atoms with Gasteiger partial charge in [-0.1, -0.05) is 25.0 Å². The summed E-state index contributed by atoms with van der Waals surface area (Å²) in [5.41, 5.74) is -0.145. The fourth-order valence-corrected chi connectivity index (χ4v) is 9.12. The van der Waals surface area contributed by atoms with Crippen LogP contribution in [0.2, 0.25) is 0 Å². The highest BCUT2D eigenvalue weighted by atomic mass is 19.4. The minimum absolute atomic E-state index is 0.0271. The number of allylic oxidation sites excluding steroid dienone is 7. The number of carboxylic acids is 1. The molecule has 0 spiro atoms. The largest absolute Gasteiger partial charge is 0.497 e. The Hall–Kier alpha value is -2.82. The van der Waals surface area contributed by atoms with Crippen molar-refractivity contribution in [3.8, 4) is 0 Å². The van der Waals surface area contributed by atoms with Crippen molar-refractivity contribution in [2.24, 2.45) is 35.5 Å². The Labute approximate surface area is 269 Å². The van der Waals surface area contributed by atoms with Crippen LogP contribution >= 0.6 is 0 Å². The number of amides is 1. The van der Waals surface area contributed by atoms with Gasteiger partial charge in [0.05, 0.1) is 30.6 Å². The molecule has 3 aliphatic heterocycles. The highest BCUT2D eigenvalue weighted by Gasteiger charge is 2.49. The first-order valence-electron chi connectivity index (χ1n) is 17.1. The molecule has 1 amide bonds. The summed E-state index contributed by atoms with van der Waals surface area (Å²) in [5.74, 6) is -1.09. The number of hydrogen-bond acceptors (Lipinski definition) is 5. The quantitative estimate of drug-likeness (QED) is 0.328. The summed E-state index contributed by atoms with van der Waals surface area (Å²) in [4.78, 5) is 32.1. The first-order valence-corrected chi connectivity index (χ1v) is 17.1. The lowest BCUT2D eigenvalue weighted by molar-refractivity contribution is -0.143. The van der Waals surface area contributed by atoms with E-state index in [1.165, 1.54) is 25.0 Å². The topological polar surface area (TPSA) is 73.3 Å². The molecule has 4 fully saturated rings. The molecule has 3 aliphatic carbocycles. The van der Waals surface area contributed by atoms with Crippen LogP contribution in [0.3, 0.4) is 0 Å². The van der Waals surface area contributed by atoms with E-state index in [9.17, 15) is 32.3 Å². The van der Waals surface area contributed by atoms with Crippen molar-refractivity contribution in [2.75, 3.05) is 46.5 Å². The van der Waals surface area contributed by atoms with Crippen LogP contribution in [-0.4, -0.2) is 96.5 Å². The number of piperidine rings is 1. The minimum Gasteiger partial charge on any atom is -0.497 e. The predicted molar refractivity (Wildman–Crippen MR) is 165 cm³/mol. The van der Waals surface area contributed by atoms with Gasteiger partial charge in [-0.25, -0.2) is 4.39 Å². The summed E-state index contributed by atoms with van der Waals surface area (Å²) in [6.45, 7) is 1.84. The van der Waals surface area contributed by atoms with Gasteiger partial charge in [-0.15, -0.1) is 0 Å². The average molecular weight is 650 g/mol. The second kappa shape index (κ2) is 13.7. The smallest absolute Gasteiger partial charge is 0.416 e. The maximum Gasteiger partial charge on any atom is 0.416 e. The maximum atomic E-state index is 14.7. The lowest BCUT2D eigenvalue weighted by Gasteiger charge is -2.40. The zero-order chi connectivity index (χ0) is 32.6. The average Bonchev–Trinajstić information content (AvgIpc) is 3.84. The number of aliphatic carboxylic acids is 1. The van der Waals surface area contributed by atoms with E-state index >= 15 is 0 Å². The lowest BCUT2D eigenvalue weighted by atomic mass is 9.79. The van der Waals surface area contributed by atoms with E-state index in [2.05, 4.69) is 17.1 Å². The number of halogens is 4. The van der Waals surface area contributed by atoms with Gasteiger partial charge in [0.25, 0.3) is 0 Å². The van der Waals surface area contributed by atoms with Crippen LogP contribution in [0.1, 0.15) is 57.8 Å². The molecule has 0 aromatic rings. The van der Waals surface area contributed by atoms with E-state index in [0.29, 0.717) is 57.2 Å². The molecule has 3 heterocycles. The van der Waals surface area contributed by atoms with Crippen LogP contribution in [0, 0.1) is 35.5 Å². The standard InChI is InChI=1S/C35H47F4N3O4/c1-46-28-9-6-22(7-10-28)30-20-41(26-4-2-3-5-26)21-31(30)33(43)42-19-24(16-27(42)18-36)29-11-8-25(35(37,38)39)17-32(29)40-14-12-23(13-15-40)34(44)45/h6,8-10,17,22-24,26-27,29-31H,2-5,7,11-16,18-21H2,1H3,(H,44,45)/t22?,24?,27-,29?,30-,31+/m0/s1. The number of rotatable bonds is 8. The van der Waals surface area contributed by atoms with Crippen LogP contribution in [0.5, 0.6) is 0 Å². The van der Waals surface area contributed by atoms with Gasteiger partial charge in [-0.05, 0) is 80.9 Å². The molecule has 1 saturated carbocycles. The third-order valence-electron chi connectivity index (χ3n) is 11.7. The van der Waals surface area contributed by atoms with Crippen LogP contribution in [0.15, 0.2) is 47.4 Å². The number of ether oxygens (including phenoxy) is 1. The highest BCUT2D eigenvalue weighted by Crippen LogP contribution is 2.45. The Morgan fingerprint density at radius 1 is 1.02 bits per heavy atom. The number of nitrogens with zero attached hydrogens (tertiary/aromatic N) is 3. The summed E-state index contributed by atoms with van der Waals surface area (Å²) in [5, 5.41) is 9.46. The summed E-state index contributed by atoms with van der Waals surface area (Å²) >= 11 is 0. The predicted octanol–water partition coefficient (Wildman–Crippen LogP) is 5.96. The number of hydrogen-bond donors (Lipinski definition) is 1. The molecule has 3 unspecified atom stereocenters. The Bertz CT molecular complexity index is 1260. The van der Waals surface area contributed by atoms with Gasteiger partial charge in [-0.2, -0.15) is 13.2 Å². The second-order valence-electron chi connectivity index (χ2n) is 14.2. The van der Waals surface area contributed by atoms with Gasteiger partial charge in [0.1, 0.15) is 12.4 Å². The maximum absolute atomic E-state index is 14.7. The normalized spacial score (nSPS) is 33.3. The molecule has 0 radical (unpaired) electrons. The zero-order valence-corrected chi connectivity index (χ0v) is 26.6. The molecule has 3 saturated heterocycles. The number of carbonyl (C=O) groups excluding carboxylic acids is 1. The molecular weight excluding hydrogens is 602 g/mol. The first-order chi connectivity index (χ1) is 22.1. The van der Waals surface area contributed by atoms with Crippen molar-refractivity contribution in [1.82, 2.24) is 14.7 Å². The summed E-state index contributed by atoms with van der Waals surface area (Å²) in [6, 6.07) is -0.136. The van der Waals surface area contributed by atoms with Crippen molar-refractivity contribution in [1.29, 1.82) is 0 Å². The molecule has 46 heavy (non-hydrogen) atoms. The van der Waals surface area contributed by atoms with Gasteiger partial charge in [0.15, 0.2) is 0 Å². The second-order valence-corrected chi connectivity index (χ2v) is 14.2. The summed E-state index contributed by atoms with van der Waals surface area (Å²) in [7, 11) is 1.64. The van der Waals surface area contributed by atoms with Gasteiger partial charge in [0, 0.05) is 50.4 Å². The molecule has 0 bridgehead atoms. The number of alkyl halides is 4. The number of methoxy groups -OCH3 is 1. The third kappa shape index (κ3) is 6.76. The fourth-order valence-electron chi connectivity index (χ4n) is 9.12. The van der Waals surface area contributed by atoms with Crippen molar-refractivity contribution in [3.63, 3.8) is 0 Å². The van der Waals surface area contributed by atoms with Crippen molar-refractivity contribution >= 4 is 11.9 Å². The number of carbonyl (C=O) groups is 2. The van der Waals surface area contributed by atoms with Crippen molar-refractivity contribution < 1.29 is 37.0 Å². The number of likely N-dealkylation sites (tertiary alicyclic amines) is 3. The summed E-state index contributed by atoms with van der Waals surface area (Å²) in [6.07, 6.45) is 10.9. The SMILES string of the molecule is COC1=CCC([C@@H]2CN(C3CCCC3)C[C@H]2C(=O)N2CC(C3CC=C(C(F)(F)F)C=C3N3CCC(C(=O)O)CC3)C[C@H]2CF)C=C1. The van der Waals surface area contributed by atoms with Gasteiger partial charge >= 0.3 is 12.1 Å². The van der Waals surface area contributed by atoms with E-state index in [4.69, 9.17) is 4.74 Å². The van der Waals surface area contributed by atoms with Crippen LogP contribution in [-0.2, 0) is 14.3 Å². The lowest BCUT2D eigenvalue weighted by Crippen LogP contribution is -2.44. The molecule has 1 N–H and O–H groups in total. The van der Waals surface area contributed by atoms with Crippen LogP contribution in [0.25, 0.3) is 0 Å². The van der Waals surface area contributed by atoms with E-state index in [1.54, 1.807) is 12.0 Å². The monoisotopic (exact) mass is 649 g/mol. The van der Waals surface area contributed by atoms with Crippen molar-refractivity contribution in [2.45, 2.75) is 76.0 Å². The Morgan fingerprint density at radius 3 is 2.37 bits per heavy atom. The minimum atomic E-state index is -4.50. The molecule has 7 nitrogen and oxygen atoms in total. The van der Waals surface area contributed by atoms with Crippen molar-refractivity contribution in [3.05, 3.63) is 47.4 Å². The highest BCUT2D eigenvalue weighted by molar-refractivity contribution is 5.80. The Morgan fingerprint density at radius 2 is 1.76 bits per heavy atom. The van der Waals surface area contributed by atoms with E-state index < -0.39 is 36.4 Å².